The predicted molar refractivity (Wildman–Crippen MR) is 69.9 cm³/mol. The van der Waals surface area contributed by atoms with Crippen molar-refractivity contribution in [3.8, 4) is 0 Å². The summed E-state index contributed by atoms with van der Waals surface area (Å²) >= 11 is 0. The van der Waals surface area contributed by atoms with Gasteiger partial charge in [0.05, 0.1) is 5.56 Å². The normalized spacial score (nSPS) is 11.4. The molecule has 0 spiro atoms. The zero-order valence-corrected chi connectivity index (χ0v) is 10.5. The Labute approximate surface area is 110 Å². The van der Waals surface area contributed by atoms with Crippen LogP contribution in [-0.4, -0.2) is 0 Å². The number of anilines is 1. The molecule has 0 saturated heterocycles. The van der Waals surface area contributed by atoms with Crippen LogP contribution in [0.1, 0.15) is 16.7 Å². The summed E-state index contributed by atoms with van der Waals surface area (Å²) in [6.45, 7) is 2.34. The molecule has 2 aromatic carbocycles. The number of alkyl halides is 3. The number of hydrogen-bond acceptors (Lipinski definition) is 1. The predicted octanol–water partition coefficient (Wildman–Crippen LogP) is 4.63. The Morgan fingerprint density at radius 2 is 1.58 bits per heavy atom. The van der Waals surface area contributed by atoms with Crippen LogP contribution in [0, 0.1) is 6.92 Å². The average molecular weight is 265 g/mol. The van der Waals surface area contributed by atoms with Gasteiger partial charge in [-0.2, -0.15) is 13.2 Å². The van der Waals surface area contributed by atoms with E-state index in [1.54, 1.807) is 6.07 Å². The molecule has 0 heterocycles. The summed E-state index contributed by atoms with van der Waals surface area (Å²) < 4.78 is 38.4. The fraction of sp³-hybridized carbons (Fsp3) is 0.200. The van der Waals surface area contributed by atoms with Crippen LogP contribution in [0.4, 0.5) is 18.9 Å². The first-order valence-corrected chi connectivity index (χ1v) is 5.92. The maximum Gasteiger partial charge on any atom is 0.418 e. The first-order valence-electron chi connectivity index (χ1n) is 5.92. The van der Waals surface area contributed by atoms with E-state index in [1.165, 1.54) is 12.1 Å². The summed E-state index contributed by atoms with van der Waals surface area (Å²) in [7, 11) is 0. The molecule has 0 fully saturated rings. The molecule has 1 nitrogen and oxygen atoms in total. The van der Waals surface area contributed by atoms with Crippen LogP contribution in [0.2, 0.25) is 0 Å². The van der Waals surface area contributed by atoms with E-state index < -0.39 is 11.7 Å². The molecule has 0 unspecified atom stereocenters. The topological polar surface area (TPSA) is 12.0 Å². The van der Waals surface area contributed by atoms with Crippen molar-refractivity contribution in [3.63, 3.8) is 0 Å². The second kappa shape index (κ2) is 5.34. The molecule has 0 saturated carbocycles. The molecule has 100 valence electrons. The summed E-state index contributed by atoms with van der Waals surface area (Å²) in [6.07, 6.45) is -4.34. The number of para-hydroxylation sites is 1. The van der Waals surface area contributed by atoms with Crippen LogP contribution in [0.3, 0.4) is 0 Å². The number of rotatable bonds is 3. The van der Waals surface area contributed by atoms with E-state index in [9.17, 15) is 13.2 Å². The molecule has 19 heavy (non-hydrogen) atoms. The highest BCUT2D eigenvalue weighted by atomic mass is 19.4. The van der Waals surface area contributed by atoms with Gasteiger partial charge in [-0.3, -0.25) is 0 Å². The van der Waals surface area contributed by atoms with Crippen molar-refractivity contribution < 1.29 is 13.2 Å². The Hall–Kier alpha value is -1.97. The molecule has 1 N–H and O–H groups in total. The maximum absolute atomic E-state index is 12.8. The van der Waals surface area contributed by atoms with Crippen molar-refractivity contribution >= 4 is 5.69 Å². The lowest BCUT2D eigenvalue weighted by atomic mass is 10.1. The molecular weight excluding hydrogens is 251 g/mol. The smallest absolute Gasteiger partial charge is 0.380 e. The highest BCUT2D eigenvalue weighted by Gasteiger charge is 2.32. The number of aryl methyl sites for hydroxylation is 1. The van der Waals surface area contributed by atoms with Crippen molar-refractivity contribution in [2.75, 3.05) is 5.32 Å². The third kappa shape index (κ3) is 3.50. The molecule has 2 aromatic rings. The summed E-state index contributed by atoms with van der Waals surface area (Å²) in [5.41, 5.74) is 1.54. The van der Waals surface area contributed by atoms with Gasteiger partial charge in [0.25, 0.3) is 0 Å². The summed E-state index contributed by atoms with van der Waals surface area (Å²) in [5, 5.41) is 2.84. The van der Waals surface area contributed by atoms with Crippen molar-refractivity contribution in [3.05, 3.63) is 65.2 Å². The molecule has 0 amide bonds. The molecule has 0 bridgehead atoms. The van der Waals surface area contributed by atoms with Crippen LogP contribution in [0.25, 0.3) is 0 Å². The summed E-state index contributed by atoms with van der Waals surface area (Å²) in [4.78, 5) is 0. The first-order chi connectivity index (χ1) is 8.97. The summed E-state index contributed by atoms with van der Waals surface area (Å²) in [5.74, 6) is 0. The minimum Gasteiger partial charge on any atom is -0.380 e. The van der Waals surface area contributed by atoms with E-state index in [1.807, 2.05) is 31.2 Å². The number of benzene rings is 2. The quantitative estimate of drug-likeness (QED) is 0.853. The van der Waals surface area contributed by atoms with E-state index >= 15 is 0 Å². The van der Waals surface area contributed by atoms with Crippen LogP contribution >= 0.6 is 0 Å². The lowest BCUT2D eigenvalue weighted by molar-refractivity contribution is -0.136. The lowest BCUT2D eigenvalue weighted by Gasteiger charge is -2.14. The Bertz CT molecular complexity index is 544. The zero-order valence-electron chi connectivity index (χ0n) is 10.5. The van der Waals surface area contributed by atoms with Crippen molar-refractivity contribution in [1.29, 1.82) is 0 Å². The van der Waals surface area contributed by atoms with Crippen molar-refractivity contribution in [2.24, 2.45) is 0 Å². The highest BCUT2D eigenvalue weighted by molar-refractivity contribution is 5.52. The third-order valence-electron chi connectivity index (χ3n) is 2.84. The molecule has 0 aliphatic carbocycles. The van der Waals surface area contributed by atoms with Gasteiger partial charge in [-0.25, -0.2) is 0 Å². The van der Waals surface area contributed by atoms with E-state index in [-0.39, 0.29) is 5.69 Å². The second-order valence-electron chi connectivity index (χ2n) is 4.38. The largest absolute Gasteiger partial charge is 0.418 e. The van der Waals surface area contributed by atoms with Crippen molar-refractivity contribution in [2.45, 2.75) is 19.6 Å². The van der Waals surface area contributed by atoms with Crippen molar-refractivity contribution in [1.82, 2.24) is 0 Å². The van der Waals surface area contributed by atoms with Crippen LogP contribution in [-0.2, 0) is 12.7 Å². The van der Waals surface area contributed by atoms with Gasteiger partial charge in [0.1, 0.15) is 0 Å². The van der Waals surface area contributed by atoms with Gasteiger partial charge in [0, 0.05) is 12.2 Å². The van der Waals surface area contributed by atoms with Gasteiger partial charge in [-0.15, -0.1) is 0 Å². The number of halogens is 3. The number of nitrogens with one attached hydrogen (secondary N) is 1. The van der Waals surface area contributed by atoms with Gasteiger partial charge >= 0.3 is 6.18 Å². The molecule has 4 heteroatoms. The van der Waals surface area contributed by atoms with Gasteiger partial charge in [-0.1, -0.05) is 42.0 Å². The maximum atomic E-state index is 12.8. The van der Waals surface area contributed by atoms with Crippen LogP contribution in [0.15, 0.2) is 48.5 Å². The van der Waals surface area contributed by atoms with Crippen LogP contribution < -0.4 is 5.32 Å². The average Bonchev–Trinajstić information content (AvgIpc) is 2.37. The third-order valence-corrected chi connectivity index (χ3v) is 2.84. The fourth-order valence-electron chi connectivity index (χ4n) is 1.79. The minimum absolute atomic E-state index is 0.107. The minimum atomic E-state index is -4.34. The molecule has 0 aromatic heterocycles. The molecular formula is C15H14F3N. The van der Waals surface area contributed by atoms with E-state index in [0.29, 0.717) is 6.54 Å². The molecule has 0 aliphatic heterocycles. The molecule has 0 radical (unpaired) electrons. The SMILES string of the molecule is Cc1ccc(CNc2ccccc2C(F)(F)F)cc1. The molecule has 0 aliphatic rings. The monoisotopic (exact) mass is 265 g/mol. The van der Waals surface area contributed by atoms with Gasteiger partial charge in [-0.05, 0) is 24.6 Å². The lowest BCUT2D eigenvalue weighted by Crippen LogP contribution is -2.10. The Balaban J connectivity index is 2.14. The first kappa shape index (κ1) is 13.5. The van der Waals surface area contributed by atoms with E-state index in [2.05, 4.69) is 5.32 Å². The number of hydrogen-bond donors (Lipinski definition) is 1. The summed E-state index contributed by atoms with van der Waals surface area (Å²) in [6, 6.07) is 13.2. The van der Waals surface area contributed by atoms with E-state index in [4.69, 9.17) is 0 Å². The highest BCUT2D eigenvalue weighted by Crippen LogP contribution is 2.34. The second-order valence-corrected chi connectivity index (χ2v) is 4.38. The van der Waals surface area contributed by atoms with Crippen LogP contribution in [0.5, 0.6) is 0 Å². The molecule has 2 rings (SSSR count). The standard InChI is InChI=1S/C15H14F3N/c1-11-6-8-12(9-7-11)10-19-14-5-3-2-4-13(14)15(16,17)18/h2-9,19H,10H2,1H3. The fourth-order valence-corrected chi connectivity index (χ4v) is 1.79. The Morgan fingerprint density at radius 3 is 2.21 bits per heavy atom. The Morgan fingerprint density at radius 1 is 0.947 bits per heavy atom. The van der Waals surface area contributed by atoms with Gasteiger partial charge < -0.3 is 5.32 Å². The van der Waals surface area contributed by atoms with Gasteiger partial charge in [0.15, 0.2) is 0 Å². The van der Waals surface area contributed by atoms with Gasteiger partial charge in [0.2, 0.25) is 0 Å². The Kier molecular flexibility index (Phi) is 3.79. The van der Waals surface area contributed by atoms with E-state index in [0.717, 1.165) is 17.2 Å². The zero-order chi connectivity index (χ0) is 13.9. The molecule has 0 atom stereocenters.